The van der Waals surface area contributed by atoms with Crippen molar-refractivity contribution in [1.82, 2.24) is 5.32 Å². The molecule has 0 radical (unpaired) electrons. The Labute approximate surface area is 121 Å². The van der Waals surface area contributed by atoms with Crippen molar-refractivity contribution in [1.29, 1.82) is 0 Å². The minimum absolute atomic E-state index is 0.116. The molecule has 0 aliphatic heterocycles. The fourth-order valence-corrected chi connectivity index (χ4v) is 3.35. The molecule has 0 aromatic heterocycles. The molecule has 1 N–H and O–H groups in total. The van der Waals surface area contributed by atoms with Crippen LogP contribution >= 0.6 is 23.2 Å². The molecule has 4 heteroatoms. The van der Waals surface area contributed by atoms with Crippen LogP contribution in [0.3, 0.4) is 0 Å². The molecule has 0 unspecified atom stereocenters. The summed E-state index contributed by atoms with van der Waals surface area (Å²) in [7, 11) is 0. The summed E-state index contributed by atoms with van der Waals surface area (Å²) in [5.41, 5.74) is -0.426. The van der Waals surface area contributed by atoms with Crippen LogP contribution in [0.1, 0.15) is 58.3 Å². The zero-order valence-corrected chi connectivity index (χ0v) is 12.8. The maximum absolute atomic E-state index is 12.1. The Morgan fingerprint density at radius 2 is 1.72 bits per heavy atom. The van der Waals surface area contributed by atoms with E-state index in [1.54, 1.807) is 0 Å². The minimum atomic E-state index is -0.426. The summed E-state index contributed by atoms with van der Waals surface area (Å²) < 4.78 is 0. The van der Waals surface area contributed by atoms with Crippen molar-refractivity contribution in [2.75, 3.05) is 11.8 Å². The summed E-state index contributed by atoms with van der Waals surface area (Å²) in [6, 6.07) is 0. The van der Waals surface area contributed by atoms with E-state index < -0.39 is 5.54 Å². The van der Waals surface area contributed by atoms with Crippen molar-refractivity contribution in [3.63, 3.8) is 0 Å². The first kappa shape index (κ1) is 16.1. The van der Waals surface area contributed by atoms with Gasteiger partial charge in [-0.05, 0) is 25.2 Å². The van der Waals surface area contributed by atoms with Gasteiger partial charge in [-0.15, -0.1) is 23.2 Å². The van der Waals surface area contributed by atoms with Crippen molar-refractivity contribution < 1.29 is 4.79 Å². The molecule has 1 amide bonds. The van der Waals surface area contributed by atoms with Gasteiger partial charge in [-0.2, -0.15) is 0 Å². The van der Waals surface area contributed by atoms with Crippen LogP contribution in [0.4, 0.5) is 0 Å². The molecule has 18 heavy (non-hydrogen) atoms. The van der Waals surface area contributed by atoms with E-state index in [9.17, 15) is 4.79 Å². The number of amides is 1. The summed E-state index contributed by atoms with van der Waals surface area (Å²) in [5, 5.41) is 3.04. The third-order valence-electron chi connectivity index (χ3n) is 4.04. The molecule has 0 atom stereocenters. The number of hydrogen-bond acceptors (Lipinski definition) is 1. The van der Waals surface area contributed by atoms with Gasteiger partial charge >= 0.3 is 0 Å². The Bertz CT molecular complexity index is 238. The van der Waals surface area contributed by atoms with Crippen LogP contribution in [-0.4, -0.2) is 23.2 Å². The van der Waals surface area contributed by atoms with Crippen LogP contribution in [0.5, 0.6) is 0 Å². The van der Waals surface area contributed by atoms with Crippen molar-refractivity contribution >= 4 is 29.1 Å². The highest BCUT2D eigenvalue weighted by atomic mass is 35.5. The second kappa shape index (κ2) is 8.27. The Morgan fingerprint density at radius 3 is 2.17 bits per heavy atom. The van der Waals surface area contributed by atoms with Crippen LogP contribution < -0.4 is 5.32 Å². The minimum Gasteiger partial charge on any atom is -0.348 e. The third-order valence-corrected chi connectivity index (χ3v) is 5.06. The summed E-state index contributed by atoms with van der Waals surface area (Å²) in [4.78, 5) is 12.1. The van der Waals surface area contributed by atoms with Crippen LogP contribution in [0.15, 0.2) is 0 Å². The van der Waals surface area contributed by atoms with Gasteiger partial charge in [0.2, 0.25) is 5.91 Å². The van der Waals surface area contributed by atoms with Gasteiger partial charge < -0.3 is 5.32 Å². The molecule has 106 valence electrons. The number of alkyl halides is 2. The lowest BCUT2D eigenvalue weighted by molar-refractivity contribution is -0.123. The lowest BCUT2D eigenvalue weighted by Crippen LogP contribution is -2.51. The van der Waals surface area contributed by atoms with Crippen LogP contribution in [0, 0.1) is 5.92 Å². The molecule has 1 fully saturated rings. The van der Waals surface area contributed by atoms with Crippen molar-refractivity contribution in [3.8, 4) is 0 Å². The van der Waals surface area contributed by atoms with E-state index in [4.69, 9.17) is 23.2 Å². The quantitative estimate of drug-likeness (QED) is 0.580. The fourth-order valence-electron chi connectivity index (χ4n) is 2.56. The van der Waals surface area contributed by atoms with E-state index >= 15 is 0 Å². The van der Waals surface area contributed by atoms with Gasteiger partial charge in [0.05, 0.1) is 5.54 Å². The Hall–Kier alpha value is 0.0500. The number of nitrogens with one attached hydrogen (secondary N) is 1. The number of carbonyl (C=O) groups is 1. The molecular weight excluding hydrogens is 269 g/mol. The first-order chi connectivity index (χ1) is 8.65. The molecule has 1 rings (SSSR count). The SMILES string of the molecule is CCC(CCl)(CCl)NC(=O)CC1CCCCCC1. The van der Waals surface area contributed by atoms with Gasteiger partial charge in [-0.25, -0.2) is 0 Å². The van der Waals surface area contributed by atoms with Gasteiger partial charge in [-0.1, -0.05) is 32.6 Å². The first-order valence-electron chi connectivity index (χ1n) is 7.08. The third kappa shape index (κ3) is 4.97. The molecule has 2 nitrogen and oxygen atoms in total. The smallest absolute Gasteiger partial charge is 0.220 e. The molecule has 0 aromatic rings. The van der Waals surface area contributed by atoms with Gasteiger partial charge in [0.1, 0.15) is 0 Å². The van der Waals surface area contributed by atoms with Gasteiger partial charge in [0, 0.05) is 18.2 Å². The Balaban J connectivity index is 2.43. The first-order valence-corrected chi connectivity index (χ1v) is 8.15. The molecule has 0 saturated heterocycles. The predicted octanol–water partition coefficient (Wildman–Crippen LogP) is 4.09. The van der Waals surface area contributed by atoms with Crippen LogP contribution in [-0.2, 0) is 4.79 Å². The lowest BCUT2D eigenvalue weighted by atomic mass is 9.94. The number of carbonyl (C=O) groups excluding carboxylic acids is 1. The lowest BCUT2D eigenvalue weighted by Gasteiger charge is -2.30. The normalized spacial score (nSPS) is 18.4. The van der Waals surface area contributed by atoms with Crippen molar-refractivity contribution in [2.24, 2.45) is 5.92 Å². The molecule has 0 heterocycles. The highest BCUT2D eigenvalue weighted by molar-refractivity contribution is 6.22. The van der Waals surface area contributed by atoms with Crippen LogP contribution in [0.25, 0.3) is 0 Å². The number of halogens is 2. The van der Waals surface area contributed by atoms with E-state index in [-0.39, 0.29) is 5.91 Å². The molecule has 0 bridgehead atoms. The van der Waals surface area contributed by atoms with E-state index in [1.165, 1.54) is 38.5 Å². The zero-order valence-electron chi connectivity index (χ0n) is 11.3. The highest BCUT2D eigenvalue weighted by Gasteiger charge is 2.29. The highest BCUT2D eigenvalue weighted by Crippen LogP contribution is 2.26. The molecule has 0 aromatic carbocycles. The molecule has 1 saturated carbocycles. The van der Waals surface area contributed by atoms with Crippen molar-refractivity contribution in [2.45, 2.75) is 63.8 Å². The summed E-state index contributed by atoms with van der Waals surface area (Å²) in [6.07, 6.45) is 8.96. The number of rotatable bonds is 6. The van der Waals surface area contributed by atoms with E-state index in [0.717, 1.165) is 6.42 Å². The molecule has 1 aliphatic carbocycles. The predicted molar refractivity (Wildman–Crippen MR) is 78.4 cm³/mol. The number of hydrogen-bond donors (Lipinski definition) is 1. The maximum atomic E-state index is 12.1. The van der Waals surface area contributed by atoms with Crippen molar-refractivity contribution in [3.05, 3.63) is 0 Å². The standard InChI is InChI=1S/C14H25Cl2NO/c1-2-14(10-15,11-16)17-13(18)9-12-7-5-3-4-6-8-12/h12H,2-11H2,1H3,(H,17,18). The van der Waals surface area contributed by atoms with Gasteiger partial charge in [0.15, 0.2) is 0 Å². The topological polar surface area (TPSA) is 29.1 Å². The molecule has 0 spiro atoms. The van der Waals surface area contributed by atoms with Gasteiger partial charge in [0.25, 0.3) is 0 Å². The van der Waals surface area contributed by atoms with Crippen LogP contribution in [0.2, 0.25) is 0 Å². The molecule has 1 aliphatic rings. The monoisotopic (exact) mass is 293 g/mol. The van der Waals surface area contributed by atoms with E-state index in [0.29, 0.717) is 24.1 Å². The molecular formula is C14H25Cl2NO. The zero-order chi connectivity index (χ0) is 13.4. The fraction of sp³-hybridized carbons (Fsp3) is 0.929. The Kier molecular flexibility index (Phi) is 7.40. The summed E-state index contributed by atoms with van der Waals surface area (Å²) in [5.74, 6) is 1.42. The van der Waals surface area contributed by atoms with E-state index in [2.05, 4.69) is 5.32 Å². The largest absolute Gasteiger partial charge is 0.348 e. The average Bonchev–Trinajstić information content (AvgIpc) is 2.65. The maximum Gasteiger partial charge on any atom is 0.220 e. The average molecular weight is 294 g/mol. The van der Waals surface area contributed by atoms with Gasteiger partial charge in [-0.3, -0.25) is 4.79 Å². The van der Waals surface area contributed by atoms with E-state index in [1.807, 2.05) is 6.92 Å². The second-order valence-corrected chi connectivity index (χ2v) is 6.05. The summed E-state index contributed by atoms with van der Waals surface area (Å²) in [6.45, 7) is 2.01. The second-order valence-electron chi connectivity index (χ2n) is 5.51. The Morgan fingerprint density at radius 1 is 1.17 bits per heavy atom. The summed E-state index contributed by atoms with van der Waals surface area (Å²) >= 11 is 11.9.